The SMILES string of the molecule is CC(C)(C(N)c1ccc(F)cc1)N1CCNCC1. The standard InChI is InChI=1S/C14H22FN3/c1-14(2,18-9-7-17-8-10-18)13(16)11-3-5-12(15)6-4-11/h3-6,13,17H,7-10,16H2,1-2H3. The fourth-order valence-corrected chi connectivity index (χ4v) is 2.52. The van der Waals surface area contributed by atoms with Crippen LogP contribution in [0.3, 0.4) is 0 Å². The highest BCUT2D eigenvalue weighted by atomic mass is 19.1. The van der Waals surface area contributed by atoms with E-state index in [4.69, 9.17) is 5.73 Å². The second-order valence-corrected chi connectivity index (χ2v) is 5.42. The van der Waals surface area contributed by atoms with Crippen molar-refractivity contribution in [3.05, 3.63) is 35.6 Å². The molecule has 1 saturated heterocycles. The summed E-state index contributed by atoms with van der Waals surface area (Å²) in [5.74, 6) is -0.217. The van der Waals surface area contributed by atoms with Crippen molar-refractivity contribution in [3.63, 3.8) is 0 Å². The van der Waals surface area contributed by atoms with Crippen molar-refractivity contribution >= 4 is 0 Å². The lowest BCUT2D eigenvalue weighted by molar-refractivity contribution is 0.0800. The largest absolute Gasteiger partial charge is 0.322 e. The fourth-order valence-electron chi connectivity index (χ4n) is 2.52. The van der Waals surface area contributed by atoms with Crippen LogP contribution in [0, 0.1) is 5.82 Å². The Bertz CT molecular complexity index is 383. The highest BCUT2D eigenvalue weighted by molar-refractivity contribution is 5.23. The molecule has 0 aromatic heterocycles. The summed E-state index contributed by atoms with van der Waals surface area (Å²) in [6, 6.07) is 6.40. The van der Waals surface area contributed by atoms with Gasteiger partial charge in [-0.2, -0.15) is 0 Å². The van der Waals surface area contributed by atoms with Crippen LogP contribution in [0.2, 0.25) is 0 Å². The van der Waals surface area contributed by atoms with E-state index >= 15 is 0 Å². The first-order valence-corrected chi connectivity index (χ1v) is 6.48. The Morgan fingerprint density at radius 2 is 1.78 bits per heavy atom. The molecule has 0 radical (unpaired) electrons. The van der Waals surface area contributed by atoms with E-state index in [0.717, 1.165) is 31.7 Å². The number of nitrogens with one attached hydrogen (secondary N) is 1. The molecule has 3 N–H and O–H groups in total. The number of benzene rings is 1. The average molecular weight is 251 g/mol. The van der Waals surface area contributed by atoms with Gasteiger partial charge in [0.2, 0.25) is 0 Å². The monoisotopic (exact) mass is 251 g/mol. The van der Waals surface area contributed by atoms with Crippen LogP contribution in [0.5, 0.6) is 0 Å². The number of hydrogen-bond acceptors (Lipinski definition) is 3. The van der Waals surface area contributed by atoms with E-state index in [0.29, 0.717) is 0 Å². The topological polar surface area (TPSA) is 41.3 Å². The molecule has 0 bridgehead atoms. The van der Waals surface area contributed by atoms with E-state index in [-0.39, 0.29) is 17.4 Å². The van der Waals surface area contributed by atoms with Gasteiger partial charge in [-0.3, -0.25) is 4.90 Å². The minimum atomic E-state index is -0.217. The first-order chi connectivity index (χ1) is 8.51. The van der Waals surface area contributed by atoms with Gasteiger partial charge in [-0.25, -0.2) is 4.39 Å². The zero-order valence-corrected chi connectivity index (χ0v) is 11.1. The lowest BCUT2D eigenvalue weighted by Crippen LogP contribution is -2.57. The maximum atomic E-state index is 12.9. The molecule has 1 aromatic rings. The maximum absolute atomic E-state index is 12.9. The first kappa shape index (κ1) is 13.5. The molecule has 2 rings (SSSR count). The average Bonchev–Trinajstić information content (AvgIpc) is 2.40. The van der Waals surface area contributed by atoms with Crippen molar-refractivity contribution in [2.75, 3.05) is 26.2 Å². The first-order valence-electron chi connectivity index (χ1n) is 6.48. The van der Waals surface area contributed by atoms with E-state index in [1.807, 2.05) is 0 Å². The number of nitrogens with two attached hydrogens (primary N) is 1. The third kappa shape index (κ3) is 2.71. The predicted octanol–water partition coefficient (Wildman–Crippen LogP) is 1.51. The third-order valence-corrected chi connectivity index (χ3v) is 3.92. The molecule has 18 heavy (non-hydrogen) atoms. The Morgan fingerprint density at radius 1 is 1.22 bits per heavy atom. The summed E-state index contributed by atoms with van der Waals surface area (Å²) in [4.78, 5) is 2.40. The van der Waals surface area contributed by atoms with Crippen LogP contribution in [-0.4, -0.2) is 36.6 Å². The predicted molar refractivity (Wildman–Crippen MR) is 71.9 cm³/mol. The molecule has 0 spiro atoms. The third-order valence-electron chi connectivity index (χ3n) is 3.92. The molecule has 0 saturated carbocycles. The number of nitrogens with zero attached hydrogens (tertiary/aromatic N) is 1. The van der Waals surface area contributed by atoms with E-state index < -0.39 is 0 Å². The van der Waals surface area contributed by atoms with Crippen LogP contribution in [-0.2, 0) is 0 Å². The molecule has 1 aliphatic rings. The molecule has 0 aliphatic carbocycles. The lowest BCUT2D eigenvalue weighted by Gasteiger charge is -2.45. The Morgan fingerprint density at radius 3 is 2.33 bits per heavy atom. The summed E-state index contributed by atoms with van der Waals surface area (Å²) in [5.41, 5.74) is 7.23. The molecule has 3 nitrogen and oxygen atoms in total. The van der Waals surface area contributed by atoms with Gasteiger partial charge >= 0.3 is 0 Å². The van der Waals surface area contributed by atoms with Crippen LogP contribution < -0.4 is 11.1 Å². The summed E-state index contributed by atoms with van der Waals surface area (Å²) in [6.07, 6.45) is 0. The van der Waals surface area contributed by atoms with Gasteiger partial charge < -0.3 is 11.1 Å². The Balaban J connectivity index is 2.14. The molecule has 1 aliphatic heterocycles. The van der Waals surface area contributed by atoms with Gasteiger partial charge in [-0.05, 0) is 31.5 Å². The second kappa shape index (κ2) is 5.34. The minimum absolute atomic E-state index is 0.115. The van der Waals surface area contributed by atoms with Gasteiger partial charge in [0.1, 0.15) is 5.82 Å². The van der Waals surface area contributed by atoms with E-state index in [1.54, 1.807) is 12.1 Å². The van der Waals surface area contributed by atoms with Crippen LogP contribution >= 0.6 is 0 Å². The molecule has 1 unspecified atom stereocenters. The molecule has 4 heteroatoms. The molecule has 1 heterocycles. The minimum Gasteiger partial charge on any atom is -0.322 e. The zero-order chi connectivity index (χ0) is 13.2. The molecule has 100 valence electrons. The van der Waals surface area contributed by atoms with Crippen molar-refractivity contribution < 1.29 is 4.39 Å². The van der Waals surface area contributed by atoms with E-state index in [2.05, 4.69) is 24.1 Å². The Labute approximate surface area is 108 Å². The zero-order valence-electron chi connectivity index (χ0n) is 11.1. The molecule has 0 amide bonds. The summed E-state index contributed by atoms with van der Waals surface area (Å²) in [5, 5.41) is 3.34. The summed E-state index contributed by atoms with van der Waals surface area (Å²) in [6.45, 7) is 8.32. The van der Waals surface area contributed by atoms with Gasteiger partial charge in [0, 0.05) is 37.8 Å². The lowest BCUT2D eigenvalue weighted by atomic mass is 9.87. The molecule has 1 atom stereocenters. The molecule has 1 fully saturated rings. The van der Waals surface area contributed by atoms with Crippen LogP contribution in [0.1, 0.15) is 25.5 Å². The Kier molecular flexibility index (Phi) is 4.00. The number of hydrogen-bond donors (Lipinski definition) is 2. The van der Waals surface area contributed by atoms with Gasteiger partial charge in [0.25, 0.3) is 0 Å². The van der Waals surface area contributed by atoms with Crippen molar-refractivity contribution in [1.82, 2.24) is 10.2 Å². The van der Waals surface area contributed by atoms with E-state index in [1.165, 1.54) is 12.1 Å². The Hall–Kier alpha value is -0.970. The number of halogens is 1. The van der Waals surface area contributed by atoms with Crippen molar-refractivity contribution in [2.24, 2.45) is 5.73 Å². The van der Waals surface area contributed by atoms with Crippen molar-refractivity contribution in [3.8, 4) is 0 Å². The maximum Gasteiger partial charge on any atom is 0.123 e. The van der Waals surface area contributed by atoms with Crippen LogP contribution in [0.15, 0.2) is 24.3 Å². The van der Waals surface area contributed by atoms with Crippen molar-refractivity contribution in [2.45, 2.75) is 25.4 Å². The normalized spacial score (nSPS) is 19.8. The van der Waals surface area contributed by atoms with Crippen LogP contribution in [0.25, 0.3) is 0 Å². The highest BCUT2D eigenvalue weighted by Crippen LogP contribution is 2.29. The number of piperazine rings is 1. The van der Waals surface area contributed by atoms with E-state index in [9.17, 15) is 4.39 Å². The number of rotatable bonds is 3. The van der Waals surface area contributed by atoms with Gasteiger partial charge in [0.05, 0.1) is 0 Å². The summed E-state index contributed by atoms with van der Waals surface area (Å²) in [7, 11) is 0. The fraction of sp³-hybridized carbons (Fsp3) is 0.571. The molecule has 1 aromatic carbocycles. The van der Waals surface area contributed by atoms with Gasteiger partial charge in [-0.1, -0.05) is 12.1 Å². The second-order valence-electron chi connectivity index (χ2n) is 5.42. The van der Waals surface area contributed by atoms with Gasteiger partial charge in [-0.15, -0.1) is 0 Å². The smallest absolute Gasteiger partial charge is 0.123 e. The molecular weight excluding hydrogens is 229 g/mol. The molecular formula is C14H22FN3. The van der Waals surface area contributed by atoms with Gasteiger partial charge in [0.15, 0.2) is 0 Å². The summed E-state index contributed by atoms with van der Waals surface area (Å²) >= 11 is 0. The summed E-state index contributed by atoms with van der Waals surface area (Å²) < 4.78 is 12.9. The van der Waals surface area contributed by atoms with Crippen molar-refractivity contribution in [1.29, 1.82) is 0 Å². The highest BCUT2D eigenvalue weighted by Gasteiger charge is 2.34. The van der Waals surface area contributed by atoms with Crippen LogP contribution in [0.4, 0.5) is 4.39 Å². The quantitative estimate of drug-likeness (QED) is 0.855.